The molecular formula is C26H23ClN2O4S2. The van der Waals surface area contributed by atoms with Gasteiger partial charge in [-0.3, -0.25) is 4.79 Å². The largest absolute Gasteiger partial charge is 0.489 e. The molecule has 180 valence electrons. The van der Waals surface area contributed by atoms with Gasteiger partial charge in [0.2, 0.25) is 0 Å². The number of sulfone groups is 1. The molecule has 0 radical (unpaired) electrons. The van der Waals surface area contributed by atoms with Crippen molar-refractivity contribution in [2.45, 2.75) is 24.3 Å². The minimum atomic E-state index is -3.14. The van der Waals surface area contributed by atoms with Gasteiger partial charge in [-0.05, 0) is 47.5 Å². The Morgan fingerprint density at radius 3 is 2.40 bits per heavy atom. The standard InChI is InChI=1S/C26H23ClN2O4S2/c27-20-8-6-18(7-9-20)14-25(30)28-26-29(23-16-35(31,32)17-24(23)34-26)21-10-12-22(13-11-21)33-15-19-4-2-1-3-5-19/h1-13,23-24H,14-17H2. The topological polar surface area (TPSA) is 76.0 Å². The van der Waals surface area contributed by atoms with Gasteiger partial charge in [-0.25, -0.2) is 8.42 Å². The number of amides is 1. The zero-order chi connectivity index (χ0) is 24.4. The van der Waals surface area contributed by atoms with Gasteiger partial charge in [0.1, 0.15) is 12.4 Å². The molecule has 2 heterocycles. The van der Waals surface area contributed by atoms with E-state index < -0.39 is 9.84 Å². The number of nitrogens with zero attached hydrogens (tertiary/aromatic N) is 2. The molecule has 2 fully saturated rings. The smallest absolute Gasteiger partial charge is 0.252 e. The normalized spacial score (nSPS) is 21.7. The summed E-state index contributed by atoms with van der Waals surface area (Å²) in [6.07, 6.45) is 0.148. The zero-order valence-electron chi connectivity index (χ0n) is 18.7. The average molecular weight is 527 g/mol. The first-order valence-electron chi connectivity index (χ1n) is 11.2. The maximum absolute atomic E-state index is 12.8. The number of ether oxygens (including phenoxy) is 1. The van der Waals surface area contributed by atoms with E-state index in [1.54, 1.807) is 24.3 Å². The molecule has 0 spiro atoms. The monoisotopic (exact) mass is 526 g/mol. The van der Waals surface area contributed by atoms with Gasteiger partial charge in [0.15, 0.2) is 15.0 Å². The third-order valence-electron chi connectivity index (χ3n) is 5.92. The Hall–Kier alpha value is -2.81. The van der Waals surface area contributed by atoms with Gasteiger partial charge in [0, 0.05) is 16.0 Å². The Morgan fingerprint density at radius 2 is 1.69 bits per heavy atom. The van der Waals surface area contributed by atoms with Crippen molar-refractivity contribution >= 4 is 50.0 Å². The van der Waals surface area contributed by atoms with Gasteiger partial charge in [-0.15, -0.1) is 0 Å². The Bertz CT molecular complexity index is 1340. The number of thioether (sulfide) groups is 1. The first-order valence-corrected chi connectivity index (χ1v) is 14.2. The fourth-order valence-corrected chi connectivity index (χ4v) is 8.29. The summed E-state index contributed by atoms with van der Waals surface area (Å²) in [7, 11) is -3.14. The van der Waals surface area contributed by atoms with Crippen molar-refractivity contribution in [2.24, 2.45) is 4.99 Å². The predicted octanol–water partition coefficient (Wildman–Crippen LogP) is 4.76. The van der Waals surface area contributed by atoms with Crippen LogP contribution in [0.5, 0.6) is 5.75 Å². The lowest BCUT2D eigenvalue weighted by atomic mass is 10.1. The molecule has 2 saturated heterocycles. The van der Waals surface area contributed by atoms with Crippen molar-refractivity contribution in [1.82, 2.24) is 0 Å². The lowest BCUT2D eigenvalue weighted by Gasteiger charge is -2.24. The lowest BCUT2D eigenvalue weighted by molar-refractivity contribution is -0.117. The molecule has 0 aromatic heterocycles. The quantitative estimate of drug-likeness (QED) is 0.461. The van der Waals surface area contributed by atoms with Crippen molar-refractivity contribution in [2.75, 3.05) is 16.4 Å². The molecule has 0 bridgehead atoms. The van der Waals surface area contributed by atoms with Gasteiger partial charge < -0.3 is 9.64 Å². The van der Waals surface area contributed by atoms with Crippen LogP contribution in [0.3, 0.4) is 0 Å². The third-order valence-corrected chi connectivity index (χ3v) is 9.38. The molecule has 0 aliphatic carbocycles. The van der Waals surface area contributed by atoms with Crippen LogP contribution < -0.4 is 9.64 Å². The number of amidine groups is 1. The van der Waals surface area contributed by atoms with Crippen LogP contribution in [0.4, 0.5) is 5.69 Å². The second kappa shape index (κ2) is 10.0. The predicted molar refractivity (Wildman–Crippen MR) is 141 cm³/mol. The van der Waals surface area contributed by atoms with Crippen LogP contribution in [-0.2, 0) is 27.7 Å². The maximum atomic E-state index is 12.8. The number of aliphatic imine (C=N–C) groups is 1. The number of carbonyl (C=O) groups excluding carboxylic acids is 1. The van der Waals surface area contributed by atoms with Crippen LogP contribution in [0.2, 0.25) is 5.02 Å². The van der Waals surface area contributed by atoms with Crippen molar-refractivity contribution in [3.05, 3.63) is 95.0 Å². The van der Waals surface area contributed by atoms with E-state index in [9.17, 15) is 13.2 Å². The minimum absolute atomic E-state index is 0.0430. The fourth-order valence-electron chi connectivity index (χ4n) is 4.23. The summed E-state index contributed by atoms with van der Waals surface area (Å²) in [5.74, 6) is 0.547. The van der Waals surface area contributed by atoms with Gasteiger partial charge in [0.25, 0.3) is 5.91 Å². The van der Waals surface area contributed by atoms with Crippen molar-refractivity contribution in [3.63, 3.8) is 0 Å². The van der Waals surface area contributed by atoms with E-state index in [4.69, 9.17) is 16.3 Å². The number of halogens is 1. The summed E-state index contributed by atoms with van der Waals surface area (Å²) in [5, 5.41) is 0.984. The maximum Gasteiger partial charge on any atom is 0.252 e. The van der Waals surface area contributed by atoms with E-state index in [-0.39, 0.29) is 35.1 Å². The second-order valence-electron chi connectivity index (χ2n) is 8.53. The molecule has 0 saturated carbocycles. The molecule has 2 atom stereocenters. The number of carbonyl (C=O) groups is 1. The highest BCUT2D eigenvalue weighted by Crippen LogP contribution is 2.41. The number of hydrogen-bond acceptors (Lipinski definition) is 5. The van der Waals surface area contributed by atoms with Crippen molar-refractivity contribution in [1.29, 1.82) is 0 Å². The first kappa shape index (κ1) is 23.9. The lowest BCUT2D eigenvalue weighted by Crippen LogP contribution is -2.37. The van der Waals surface area contributed by atoms with Crippen LogP contribution in [0.25, 0.3) is 0 Å². The van der Waals surface area contributed by atoms with Gasteiger partial charge in [-0.1, -0.05) is 65.8 Å². The van der Waals surface area contributed by atoms with E-state index in [1.807, 2.05) is 59.5 Å². The number of rotatable bonds is 6. The summed E-state index contributed by atoms with van der Waals surface area (Å²) in [4.78, 5) is 19.0. The molecular weight excluding hydrogens is 504 g/mol. The molecule has 2 aliphatic heterocycles. The highest BCUT2D eigenvalue weighted by molar-refractivity contribution is 8.16. The molecule has 3 aromatic rings. The van der Waals surface area contributed by atoms with Gasteiger partial charge in [-0.2, -0.15) is 4.99 Å². The number of hydrogen-bond donors (Lipinski definition) is 0. The van der Waals surface area contributed by atoms with Crippen molar-refractivity contribution in [3.8, 4) is 5.75 Å². The van der Waals surface area contributed by atoms with E-state index >= 15 is 0 Å². The second-order valence-corrected chi connectivity index (χ2v) is 12.3. The SMILES string of the molecule is O=C(Cc1ccc(Cl)cc1)N=C1SC2CS(=O)(=O)CC2N1c1ccc(OCc2ccccc2)cc1. The molecule has 1 amide bonds. The summed E-state index contributed by atoms with van der Waals surface area (Å²) >= 11 is 7.29. The number of benzene rings is 3. The fraction of sp³-hybridized carbons (Fsp3) is 0.231. The molecule has 2 aliphatic rings. The summed E-state index contributed by atoms with van der Waals surface area (Å²) < 4.78 is 30.5. The van der Waals surface area contributed by atoms with Gasteiger partial charge >= 0.3 is 0 Å². The van der Waals surface area contributed by atoms with E-state index in [2.05, 4.69) is 4.99 Å². The zero-order valence-corrected chi connectivity index (χ0v) is 21.1. The molecule has 3 aromatic carbocycles. The van der Waals surface area contributed by atoms with Crippen LogP contribution >= 0.6 is 23.4 Å². The molecule has 0 N–H and O–H groups in total. The van der Waals surface area contributed by atoms with E-state index in [0.717, 1.165) is 16.8 Å². The molecule has 9 heteroatoms. The van der Waals surface area contributed by atoms with Crippen LogP contribution in [-0.4, -0.2) is 42.3 Å². The minimum Gasteiger partial charge on any atom is -0.489 e. The summed E-state index contributed by atoms with van der Waals surface area (Å²) in [6.45, 7) is 0.453. The molecule has 35 heavy (non-hydrogen) atoms. The highest BCUT2D eigenvalue weighted by atomic mass is 35.5. The Morgan fingerprint density at radius 1 is 0.971 bits per heavy atom. The third kappa shape index (κ3) is 5.72. The molecule has 5 rings (SSSR count). The van der Waals surface area contributed by atoms with Crippen molar-refractivity contribution < 1.29 is 17.9 Å². The van der Waals surface area contributed by atoms with E-state index in [1.165, 1.54) is 11.8 Å². The van der Waals surface area contributed by atoms with Crippen LogP contribution in [0.15, 0.2) is 83.9 Å². The molecule has 6 nitrogen and oxygen atoms in total. The van der Waals surface area contributed by atoms with Crippen LogP contribution in [0, 0.1) is 0 Å². The number of anilines is 1. The Kier molecular flexibility index (Phi) is 6.86. The Labute approximate surface area is 213 Å². The molecule has 2 unspecified atom stereocenters. The van der Waals surface area contributed by atoms with E-state index in [0.29, 0.717) is 22.5 Å². The first-order chi connectivity index (χ1) is 16.9. The number of fused-ring (bicyclic) bond motifs is 1. The Balaban J connectivity index is 1.35. The van der Waals surface area contributed by atoms with Crippen LogP contribution in [0.1, 0.15) is 11.1 Å². The summed E-state index contributed by atoms with van der Waals surface area (Å²) in [5.41, 5.74) is 2.67. The average Bonchev–Trinajstić information content (AvgIpc) is 3.30. The van der Waals surface area contributed by atoms with Gasteiger partial charge in [0.05, 0.1) is 24.0 Å². The highest BCUT2D eigenvalue weighted by Gasteiger charge is 2.49. The summed E-state index contributed by atoms with van der Waals surface area (Å²) in [6, 6.07) is 24.2.